The van der Waals surface area contributed by atoms with Crippen molar-refractivity contribution in [2.75, 3.05) is 0 Å². The zero-order valence-corrected chi connectivity index (χ0v) is 16.3. The highest BCUT2D eigenvalue weighted by Gasteiger charge is 2.50. The van der Waals surface area contributed by atoms with Crippen molar-refractivity contribution >= 4 is 11.4 Å². The topological polar surface area (TPSA) is 38.4 Å². The molecule has 0 saturated heterocycles. The molecule has 5 rings (SSSR count). The van der Waals surface area contributed by atoms with E-state index in [2.05, 4.69) is 0 Å². The lowest BCUT2D eigenvalue weighted by atomic mass is 9.92. The van der Waals surface area contributed by atoms with E-state index in [4.69, 9.17) is 4.99 Å². The minimum absolute atomic E-state index is 0.578. The number of benzene rings is 4. The molecule has 0 radical (unpaired) electrons. The molecule has 4 aromatic carbocycles. The van der Waals surface area contributed by atoms with E-state index in [9.17, 15) is 5.21 Å². The van der Waals surface area contributed by atoms with Crippen LogP contribution in [0, 0.1) is 5.21 Å². The maximum atomic E-state index is 14.2. The first-order valence-corrected chi connectivity index (χ1v) is 9.97. The average molecular weight is 388 g/mol. The summed E-state index contributed by atoms with van der Waals surface area (Å²) in [5.41, 5.74) is 3.55. The molecular weight excluding hydrogens is 368 g/mol. The minimum Gasteiger partial charge on any atom is -0.621 e. The number of hydroxylamine groups is 1. The molecule has 0 aromatic heterocycles. The molecule has 30 heavy (non-hydrogen) atoms. The summed E-state index contributed by atoms with van der Waals surface area (Å²) in [6.07, 6.45) is 0. The highest BCUT2D eigenvalue weighted by molar-refractivity contribution is 6.52. The molecule has 0 aliphatic carbocycles. The molecule has 144 valence electrons. The van der Waals surface area contributed by atoms with Crippen LogP contribution in [0.4, 0.5) is 0 Å². The largest absolute Gasteiger partial charge is 0.621 e. The number of aliphatic imine (C=N–C) groups is 1. The van der Waals surface area contributed by atoms with Gasteiger partial charge < -0.3 is 5.21 Å². The average Bonchev–Trinajstić information content (AvgIpc) is 3.15. The zero-order chi connectivity index (χ0) is 20.4. The van der Waals surface area contributed by atoms with Crippen LogP contribution >= 0.6 is 0 Å². The maximum absolute atomic E-state index is 14.2. The van der Waals surface area contributed by atoms with Gasteiger partial charge in [-0.1, -0.05) is 84.9 Å². The van der Waals surface area contributed by atoms with Crippen LogP contribution < -0.4 is 0 Å². The van der Waals surface area contributed by atoms with Crippen molar-refractivity contribution in [3.63, 3.8) is 0 Å². The Bertz CT molecular complexity index is 1180. The summed E-state index contributed by atoms with van der Waals surface area (Å²) < 4.78 is 1.08. The van der Waals surface area contributed by atoms with Gasteiger partial charge in [0.15, 0.2) is 0 Å². The smallest absolute Gasteiger partial charge is 0.319 e. The predicted octanol–water partition coefficient (Wildman–Crippen LogP) is 5.39. The Kier molecular flexibility index (Phi) is 4.49. The molecule has 0 saturated carbocycles. The van der Waals surface area contributed by atoms with Gasteiger partial charge in [0.1, 0.15) is 5.71 Å². The standard InChI is InChI=1S/C27H20N2O/c30-29-26(22-15-7-2-8-16-22)25(21-13-5-1-6-14-21)28-27(29,23-17-9-3-10-18-23)24-19-11-4-12-20-24/h1-20H. The summed E-state index contributed by atoms with van der Waals surface area (Å²) >= 11 is 0. The van der Waals surface area contributed by atoms with Crippen LogP contribution in [-0.2, 0) is 5.66 Å². The van der Waals surface area contributed by atoms with Crippen LogP contribution in [0.1, 0.15) is 22.3 Å². The predicted molar refractivity (Wildman–Crippen MR) is 121 cm³/mol. The second kappa shape index (κ2) is 7.45. The summed E-state index contributed by atoms with van der Waals surface area (Å²) in [7, 11) is 0. The molecule has 0 spiro atoms. The molecule has 0 fully saturated rings. The van der Waals surface area contributed by atoms with Gasteiger partial charge >= 0.3 is 5.66 Å². The molecule has 0 unspecified atom stereocenters. The third-order valence-electron chi connectivity index (χ3n) is 5.44. The molecular formula is C27H20N2O. The third-order valence-corrected chi connectivity index (χ3v) is 5.44. The van der Waals surface area contributed by atoms with E-state index in [0.29, 0.717) is 11.4 Å². The highest BCUT2D eigenvalue weighted by Crippen LogP contribution is 2.39. The maximum Gasteiger partial charge on any atom is 0.319 e. The van der Waals surface area contributed by atoms with Crippen molar-refractivity contribution in [1.29, 1.82) is 0 Å². The Balaban J connectivity index is 1.87. The van der Waals surface area contributed by atoms with Gasteiger partial charge in [-0.25, -0.2) is 0 Å². The summed E-state index contributed by atoms with van der Waals surface area (Å²) in [4.78, 5) is 5.16. The van der Waals surface area contributed by atoms with E-state index in [1.54, 1.807) is 0 Å². The van der Waals surface area contributed by atoms with Gasteiger partial charge in [-0.05, 0) is 36.4 Å². The normalized spacial score (nSPS) is 15.1. The second-order valence-electron chi connectivity index (χ2n) is 7.24. The summed E-state index contributed by atoms with van der Waals surface area (Å²) in [5, 5.41) is 14.2. The Labute approximate surface area is 175 Å². The Hall–Kier alpha value is -3.98. The summed E-state index contributed by atoms with van der Waals surface area (Å²) in [6.45, 7) is 0. The van der Waals surface area contributed by atoms with Crippen molar-refractivity contribution in [1.82, 2.24) is 0 Å². The molecule has 1 aliphatic heterocycles. The molecule has 0 N–H and O–H groups in total. The summed E-state index contributed by atoms with van der Waals surface area (Å²) in [5.74, 6) is 0. The fourth-order valence-corrected chi connectivity index (χ4v) is 4.04. The van der Waals surface area contributed by atoms with Crippen molar-refractivity contribution < 1.29 is 4.74 Å². The van der Waals surface area contributed by atoms with Gasteiger partial charge in [-0.3, -0.25) is 0 Å². The van der Waals surface area contributed by atoms with Gasteiger partial charge in [0.05, 0.1) is 11.1 Å². The molecule has 1 heterocycles. The van der Waals surface area contributed by atoms with Crippen molar-refractivity contribution in [3.8, 4) is 0 Å². The van der Waals surface area contributed by atoms with Gasteiger partial charge in [0.2, 0.25) is 5.71 Å². The molecule has 3 nitrogen and oxygen atoms in total. The fourth-order valence-electron chi connectivity index (χ4n) is 4.04. The first-order chi connectivity index (χ1) is 14.8. The van der Waals surface area contributed by atoms with Crippen molar-refractivity contribution in [3.05, 3.63) is 149 Å². The van der Waals surface area contributed by atoms with Gasteiger partial charge in [0, 0.05) is 11.1 Å². The fraction of sp³-hybridized carbons (Fsp3) is 0.0370. The van der Waals surface area contributed by atoms with E-state index < -0.39 is 5.66 Å². The second-order valence-corrected chi connectivity index (χ2v) is 7.24. The van der Waals surface area contributed by atoms with E-state index in [0.717, 1.165) is 27.0 Å². The van der Waals surface area contributed by atoms with Crippen LogP contribution in [0.5, 0.6) is 0 Å². The third kappa shape index (κ3) is 2.83. The van der Waals surface area contributed by atoms with Crippen molar-refractivity contribution in [2.24, 2.45) is 4.99 Å². The first-order valence-electron chi connectivity index (χ1n) is 9.97. The number of nitrogens with zero attached hydrogens (tertiary/aromatic N) is 2. The Morgan fingerprint density at radius 3 is 1.40 bits per heavy atom. The van der Waals surface area contributed by atoms with Crippen LogP contribution in [0.25, 0.3) is 0 Å². The van der Waals surface area contributed by atoms with Gasteiger partial charge in [-0.2, -0.15) is 9.73 Å². The molecule has 4 aromatic rings. The van der Waals surface area contributed by atoms with E-state index >= 15 is 0 Å². The lowest BCUT2D eigenvalue weighted by Gasteiger charge is -2.26. The number of rotatable bonds is 4. The summed E-state index contributed by atoms with van der Waals surface area (Å²) in [6, 6.07) is 39.3. The number of hydrogen-bond acceptors (Lipinski definition) is 2. The molecule has 1 aliphatic rings. The molecule has 0 atom stereocenters. The minimum atomic E-state index is -1.18. The zero-order valence-electron chi connectivity index (χ0n) is 16.3. The lowest BCUT2D eigenvalue weighted by molar-refractivity contribution is -0.537. The number of hydrogen-bond donors (Lipinski definition) is 0. The molecule has 0 bridgehead atoms. The van der Waals surface area contributed by atoms with E-state index in [-0.39, 0.29) is 0 Å². The SMILES string of the molecule is [O-][N+]1=C(c2ccccc2)C(c2ccccc2)=NC1(c1ccccc1)c1ccccc1. The van der Waals surface area contributed by atoms with Crippen LogP contribution in [0.3, 0.4) is 0 Å². The first kappa shape index (κ1) is 18.1. The van der Waals surface area contributed by atoms with E-state index in [1.807, 2.05) is 121 Å². The van der Waals surface area contributed by atoms with Gasteiger partial charge in [-0.15, -0.1) is 0 Å². The Morgan fingerprint density at radius 1 is 0.533 bits per heavy atom. The monoisotopic (exact) mass is 388 g/mol. The van der Waals surface area contributed by atoms with Crippen LogP contribution in [0.15, 0.2) is 126 Å². The van der Waals surface area contributed by atoms with Crippen LogP contribution in [-0.4, -0.2) is 16.2 Å². The molecule has 3 heteroatoms. The lowest BCUT2D eigenvalue weighted by Crippen LogP contribution is -2.35. The highest BCUT2D eigenvalue weighted by atomic mass is 16.5. The van der Waals surface area contributed by atoms with E-state index in [1.165, 1.54) is 0 Å². The van der Waals surface area contributed by atoms with Gasteiger partial charge in [0.25, 0.3) is 0 Å². The quantitative estimate of drug-likeness (QED) is 0.341. The Morgan fingerprint density at radius 2 is 0.933 bits per heavy atom. The van der Waals surface area contributed by atoms with Crippen LogP contribution in [0.2, 0.25) is 0 Å². The molecule has 0 amide bonds. The van der Waals surface area contributed by atoms with Crippen molar-refractivity contribution in [2.45, 2.75) is 5.66 Å².